The number of nitriles is 1. The van der Waals surface area contributed by atoms with E-state index >= 15 is 0 Å². The number of nitrogens with zero attached hydrogens (tertiary/aromatic N) is 1. The first-order chi connectivity index (χ1) is 9.63. The number of hydrogen-bond acceptors (Lipinski definition) is 3. The summed E-state index contributed by atoms with van der Waals surface area (Å²) in [6.07, 6.45) is 2.55. The molecule has 2 N–H and O–H groups in total. The van der Waals surface area contributed by atoms with Gasteiger partial charge in [0.25, 0.3) is 0 Å². The highest BCUT2D eigenvalue weighted by Crippen LogP contribution is 2.31. The summed E-state index contributed by atoms with van der Waals surface area (Å²) in [5.74, 6) is -1.43. The lowest BCUT2D eigenvalue weighted by Crippen LogP contribution is -2.29. The molecule has 0 amide bonds. The highest BCUT2D eigenvalue weighted by molar-refractivity contribution is 5.70. The average Bonchev–Trinajstić information content (AvgIpc) is 2.89. The van der Waals surface area contributed by atoms with Crippen molar-refractivity contribution in [3.05, 3.63) is 35.1 Å². The van der Waals surface area contributed by atoms with Gasteiger partial charge in [-0.3, -0.25) is 4.79 Å². The predicted octanol–water partition coefficient (Wildman–Crippen LogP) is 2.29. The summed E-state index contributed by atoms with van der Waals surface area (Å²) in [5.41, 5.74) is 0.475. The lowest BCUT2D eigenvalue weighted by atomic mass is 9.96. The molecule has 5 heteroatoms. The van der Waals surface area contributed by atoms with E-state index in [2.05, 4.69) is 5.32 Å². The van der Waals surface area contributed by atoms with Gasteiger partial charge in [-0.05, 0) is 31.4 Å². The van der Waals surface area contributed by atoms with Gasteiger partial charge in [-0.1, -0.05) is 18.6 Å². The molecule has 0 aromatic heterocycles. The van der Waals surface area contributed by atoms with Gasteiger partial charge in [0.1, 0.15) is 11.9 Å². The fourth-order valence-electron chi connectivity index (χ4n) is 2.80. The first kappa shape index (κ1) is 14.5. The number of carboxylic acid groups (broad SMARTS) is 1. The van der Waals surface area contributed by atoms with Gasteiger partial charge in [-0.15, -0.1) is 0 Å². The number of halogens is 1. The van der Waals surface area contributed by atoms with Crippen molar-refractivity contribution >= 4 is 5.97 Å². The molecule has 2 atom stereocenters. The first-order valence-electron chi connectivity index (χ1n) is 6.74. The Hall–Kier alpha value is -1.93. The summed E-state index contributed by atoms with van der Waals surface area (Å²) >= 11 is 0. The summed E-state index contributed by atoms with van der Waals surface area (Å²) < 4.78 is 13.8. The van der Waals surface area contributed by atoms with Crippen molar-refractivity contribution in [2.45, 2.75) is 25.8 Å². The topological polar surface area (TPSA) is 73.1 Å². The van der Waals surface area contributed by atoms with Gasteiger partial charge in [0.2, 0.25) is 0 Å². The molecule has 0 saturated heterocycles. The maximum absolute atomic E-state index is 13.8. The van der Waals surface area contributed by atoms with E-state index < -0.39 is 11.8 Å². The summed E-state index contributed by atoms with van der Waals surface area (Å²) in [6, 6.07) is 6.53. The van der Waals surface area contributed by atoms with Crippen LogP contribution in [-0.2, 0) is 11.3 Å². The SMILES string of the molecule is N#Cc1cccc(CNCC2CCCC2C(=O)O)c1F. The van der Waals surface area contributed by atoms with Crippen LogP contribution < -0.4 is 5.32 Å². The molecule has 1 aliphatic rings. The second-order valence-electron chi connectivity index (χ2n) is 5.16. The third-order valence-corrected chi connectivity index (χ3v) is 3.90. The summed E-state index contributed by atoms with van der Waals surface area (Å²) in [7, 11) is 0. The molecule has 1 aromatic carbocycles. The monoisotopic (exact) mass is 276 g/mol. The molecule has 106 valence electrons. The van der Waals surface area contributed by atoms with Gasteiger partial charge < -0.3 is 10.4 Å². The molecule has 1 aromatic rings. The molecule has 4 nitrogen and oxygen atoms in total. The van der Waals surface area contributed by atoms with Crippen molar-refractivity contribution < 1.29 is 14.3 Å². The van der Waals surface area contributed by atoms with Crippen LogP contribution in [0.4, 0.5) is 4.39 Å². The Morgan fingerprint density at radius 2 is 2.30 bits per heavy atom. The van der Waals surface area contributed by atoms with E-state index in [1.54, 1.807) is 12.1 Å². The fourth-order valence-corrected chi connectivity index (χ4v) is 2.80. The number of benzene rings is 1. The van der Waals surface area contributed by atoms with Gasteiger partial charge in [0.15, 0.2) is 0 Å². The number of carbonyl (C=O) groups is 1. The Balaban J connectivity index is 1.91. The minimum atomic E-state index is -0.744. The maximum atomic E-state index is 13.8. The van der Waals surface area contributed by atoms with E-state index in [-0.39, 0.29) is 17.4 Å². The molecule has 1 aliphatic carbocycles. The van der Waals surface area contributed by atoms with Gasteiger partial charge in [0, 0.05) is 12.1 Å². The molecule has 0 spiro atoms. The quantitative estimate of drug-likeness (QED) is 0.865. The van der Waals surface area contributed by atoms with Gasteiger partial charge in [0.05, 0.1) is 11.5 Å². The van der Waals surface area contributed by atoms with Crippen LogP contribution in [0.1, 0.15) is 30.4 Å². The van der Waals surface area contributed by atoms with Gasteiger partial charge in [-0.2, -0.15) is 5.26 Å². The molecule has 1 fully saturated rings. The van der Waals surface area contributed by atoms with Crippen molar-refractivity contribution in [1.82, 2.24) is 5.32 Å². The van der Waals surface area contributed by atoms with E-state index in [0.717, 1.165) is 19.3 Å². The maximum Gasteiger partial charge on any atom is 0.306 e. The Morgan fingerprint density at radius 1 is 1.50 bits per heavy atom. The Bertz CT molecular complexity index is 539. The van der Waals surface area contributed by atoms with Crippen molar-refractivity contribution in [1.29, 1.82) is 5.26 Å². The summed E-state index contributed by atoms with van der Waals surface area (Å²) in [5, 5.41) is 21.0. The normalized spacial score (nSPS) is 21.6. The van der Waals surface area contributed by atoms with Crippen molar-refractivity contribution in [2.75, 3.05) is 6.54 Å². The van der Waals surface area contributed by atoms with Crippen LogP contribution in [0, 0.1) is 29.0 Å². The zero-order valence-electron chi connectivity index (χ0n) is 11.1. The molecule has 0 heterocycles. The van der Waals surface area contributed by atoms with Crippen LogP contribution in [0.5, 0.6) is 0 Å². The predicted molar refractivity (Wildman–Crippen MR) is 71.3 cm³/mol. The molecule has 1 saturated carbocycles. The summed E-state index contributed by atoms with van der Waals surface area (Å²) in [6.45, 7) is 0.872. The zero-order chi connectivity index (χ0) is 14.5. The van der Waals surface area contributed by atoms with Crippen LogP contribution in [0.3, 0.4) is 0 Å². The number of carboxylic acids is 1. The molecule has 0 radical (unpaired) electrons. The molecule has 20 heavy (non-hydrogen) atoms. The minimum Gasteiger partial charge on any atom is -0.481 e. The highest BCUT2D eigenvalue weighted by atomic mass is 19.1. The highest BCUT2D eigenvalue weighted by Gasteiger charge is 2.32. The van der Waals surface area contributed by atoms with Crippen LogP contribution in [-0.4, -0.2) is 17.6 Å². The standard InChI is InChI=1S/C15H17FN2O2/c16-14-10(7-17)3-1-5-12(14)9-18-8-11-4-2-6-13(11)15(19)20/h1,3,5,11,13,18H,2,4,6,8-9H2,(H,19,20). The van der Waals surface area contributed by atoms with E-state index in [1.807, 2.05) is 6.07 Å². The van der Waals surface area contributed by atoms with Crippen LogP contribution in [0.15, 0.2) is 18.2 Å². The third-order valence-electron chi connectivity index (χ3n) is 3.90. The molecular formula is C15H17FN2O2. The lowest BCUT2D eigenvalue weighted by Gasteiger charge is -2.16. The van der Waals surface area contributed by atoms with Gasteiger partial charge >= 0.3 is 5.97 Å². The number of hydrogen-bond donors (Lipinski definition) is 2. The number of rotatable bonds is 5. The van der Waals surface area contributed by atoms with Crippen LogP contribution in [0.25, 0.3) is 0 Å². The van der Waals surface area contributed by atoms with E-state index in [0.29, 0.717) is 18.7 Å². The minimum absolute atomic E-state index is 0.0357. The zero-order valence-corrected chi connectivity index (χ0v) is 11.1. The van der Waals surface area contributed by atoms with Crippen molar-refractivity contribution in [3.63, 3.8) is 0 Å². The smallest absolute Gasteiger partial charge is 0.306 e. The molecule has 2 unspecified atom stereocenters. The van der Waals surface area contributed by atoms with Crippen molar-refractivity contribution in [3.8, 4) is 6.07 Å². The van der Waals surface area contributed by atoms with Gasteiger partial charge in [-0.25, -0.2) is 4.39 Å². The molecule has 0 bridgehead atoms. The van der Waals surface area contributed by atoms with Crippen LogP contribution >= 0.6 is 0 Å². The lowest BCUT2D eigenvalue weighted by molar-refractivity contribution is -0.142. The first-order valence-corrected chi connectivity index (χ1v) is 6.74. The Kier molecular flexibility index (Phi) is 4.70. The van der Waals surface area contributed by atoms with E-state index in [4.69, 9.17) is 10.4 Å². The third kappa shape index (κ3) is 3.14. The fraction of sp³-hybridized carbons (Fsp3) is 0.467. The second-order valence-corrected chi connectivity index (χ2v) is 5.16. The number of nitrogens with one attached hydrogen (secondary N) is 1. The van der Waals surface area contributed by atoms with Crippen LogP contribution in [0.2, 0.25) is 0 Å². The summed E-state index contributed by atoms with van der Waals surface area (Å²) in [4.78, 5) is 11.1. The van der Waals surface area contributed by atoms with E-state index in [9.17, 15) is 9.18 Å². The Labute approximate surface area is 117 Å². The largest absolute Gasteiger partial charge is 0.481 e. The molecule has 0 aliphatic heterocycles. The second kappa shape index (κ2) is 6.49. The molecular weight excluding hydrogens is 259 g/mol. The van der Waals surface area contributed by atoms with Crippen molar-refractivity contribution in [2.24, 2.45) is 11.8 Å². The average molecular weight is 276 g/mol. The molecule has 2 rings (SSSR count). The Morgan fingerprint density at radius 3 is 3.00 bits per heavy atom. The van der Waals surface area contributed by atoms with E-state index in [1.165, 1.54) is 6.07 Å². The number of aliphatic carboxylic acids is 1.